The molecule has 4 heteroatoms. The SMILES string of the molecule is N=[N+]=N.[Pt]. The number of nitrogens with one attached hydrogen (secondary N) is 2. The molecule has 0 spiro atoms. The molecule has 0 amide bonds. The first-order valence-corrected chi connectivity index (χ1v) is 0.447. The van der Waals surface area contributed by atoms with Crippen LogP contribution in [0, 0.1) is 11.1 Å². The minimum absolute atomic E-state index is 0. The van der Waals surface area contributed by atoms with Crippen LogP contribution in [0.5, 0.6) is 0 Å². The van der Waals surface area contributed by atoms with Crippen LogP contribution in [0.15, 0.2) is 0 Å². The third-order valence-corrected chi connectivity index (χ3v) is 0. The van der Waals surface area contributed by atoms with Crippen molar-refractivity contribution in [1.82, 2.24) is 4.91 Å². The van der Waals surface area contributed by atoms with Gasteiger partial charge >= 0.3 is 0 Å². The summed E-state index contributed by atoms with van der Waals surface area (Å²) in [5, 5.41) is 0. The summed E-state index contributed by atoms with van der Waals surface area (Å²) in [6, 6.07) is 0. The molecule has 0 saturated carbocycles. The van der Waals surface area contributed by atoms with E-state index in [9.17, 15) is 0 Å². The van der Waals surface area contributed by atoms with Crippen molar-refractivity contribution in [1.29, 1.82) is 11.1 Å². The van der Waals surface area contributed by atoms with Gasteiger partial charge in [-0.1, -0.05) is 0 Å². The van der Waals surface area contributed by atoms with E-state index in [1.165, 1.54) is 0 Å². The summed E-state index contributed by atoms with van der Waals surface area (Å²) in [5.74, 6) is 0. The van der Waals surface area contributed by atoms with Crippen molar-refractivity contribution in [2.24, 2.45) is 0 Å². The molecule has 26 valence electrons. The first-order valence-electron chi connectivity index (χ1n) is 0.447. The molecule has 0 bridgehead atoms. The van der Waals surface area contributed by atoms with Gasteiger partial charge in [-0.15, -0.1) is 0 Å². The van der Waals surface area contributed by atoms with Gasteiger partial charge in [0.2, 0.25) is 4.91 Å². The Labute approximate surface area is 37.7 Å². The fraction of sp³-hybridized carbons (Fsp3) is 0. The van der Waals surface area contributed by atoms with Crippen LogP contribution >= 0.6 is 0 Å². The fourth-order valence-electron chi connectivity index (χ4n) is 0. The largest absolute Gasteiger partial charge is 0.211 e. The van der Waals surface area contributed by atoms with E-state index in [0.717, 1.165) is 0 Å². The van der Waals surface area contributed by atoms with E-state index in [2.05, 4.69) is 0 Å². The third-order valence-electron chi connectivity index (χ3n) is 0. The number of hydrogen-bond donors (Lipinski definition) is 2. The van der Waals surface area contributed by atoms with Gasteiger partial charge in [-0.2, -0.15) is 0 Å². The minimum atomic E-state index is 0. The number of rotatable bonds is 0. The van der Waals surface area contributed by atoms with E-state index in [0.29, 0.717) is 0 Å². The maximum Gasteiger partial charge on any atom is 0.211 e. The first-order chi connectivity index (χ1) is 1.41. The monoisotopic (exact) mass is 239 g/mol. The smallest absolute Gasteiger partial charge is 0 e. The van der Waals surface area contributed by atoms with Crippen LogP contribution in [0.2, 0.25) is 0 Å². The Morgan fingerprint density at radius 1 is 1.25 bits per heavy atom. The number of hydrogen-bond acceptors (Lipinski definition) is 2. The summed E-state index contributed by atoms with van der Waals surface area (Å²) in [6.07, 6.45) is 0. The van der Waals surface area contributed by atoms with Gasteiger partial charge < -0.3 is 0 Å². The molecule has 0 fully saturated rings. The molecule has 0 aliphatic heterocycles. The van der Waals surface area contributed by atoms with Crippen molar-refractivity contribution in [2.75, 3.05) is 0 Å². The maximum atomic E-state index is 5.50. The zero-order valence-corrected chi connectivity index (χ0v) is 4.04. The Hall–Kier alpha value is -0.00169. The molecule has 0 saturated heterocycles. The third kappa shape index (κ3) is 699000. The van der Waals surface area contributed by atoms with Gasteiger partial charge in [0.05, 0.1) is 0 Å². The molecule has 3 nitrogen and oxygen atoms in total. The number of nitrogens with zero attached hydrogens (tertiary/aromatic N) is 1. The Balaban J connectivity index is 0. The molecule has 2 N–H and O–H groups in total. The molecule has 0 aromatic carbocycles. The van der Waals surface area contributed by atoms with Gasteiger partial charge in [0.25, 0.3) is 0 Å². The molecule has 0 rings (SSSR count). The summed E-state index contributed by atoms with van der Waals surface area (Å²) < 4.78 is 0. The normalized spacial score (nSPS) is 2.00. The van der Waals surface area contributed by atoms with E-state index >= 15 is 0 Å². The molecule has 0 aromatic heterocycles. The van der Waals surface area contributed by atoms with E-state index in [1.807, 2.05) is 4.91 Å². The molecule has 0 radical (unpaired) electrons. The second kappa shape index (κ2) is 12.0. The summed E-state index contributed by atoms with van der Waals surface area (Å²) >= 11 is 0. The van der Waals surface area contributed by atoms with E-state index in [-0.39, 0.29) is 21.1 Å². The Kier molecular flexibility index (Phi) is 27.0. The molecule has 0 atom stereocenters. The Morgan fingerprint density at radius 2 is 1.25 bits per heavy atom. The maximum absolute atomic E-state index is 5.50. The molecule has 0 unspecified atom stereocenters. The van der Waals surface area contributed by atoms with Crippen LogP contribution in [0.25, 0.3) is 0 Å². The average molecular weight is 239 g/mol. The van der Waals surface area contributed by atoms with E-state index < -0.39 is 0 Å². The predicted molar refractivity (Wildman–Crippen MR) is 7.57 cm³/mol. The zero-order valence-electron chi connectivity index (χ0n) is 1.76. The second-order valence-electron chi connectivity index (χ2n) is 0.112. The summed E-state index contributed by atoms with van der Waals surface area (Å²) in [4.78, 5) is 2.00. The molecule has 0 heterocycles. The average Bonchev–Trinajstić information content (AvgIpc) is 0.918. The van der Waals surface area contributed by atoms with Gasteiger partial charge in [-0.25, -0.2) is 0 Å². The predicted octanol–water partition coefficient (Wildman–Crippen LogP) is 0.113. The van der Waals surface area contributed by atoms with Crippen molar-refractivity contribution < 1.29 is 21.1 Å². The first kappa shape index (κ1) is 9.00. The molecule has 0 aliphatic rings. The minimum Gasteiger partial charge on any atom is 0 e. The van der Waals surface area contributed by atoms with Gasteiger partial charge in [0.15, 0.2) is 0 Å². The van der Waals surface area contributed by atoms with E-state index in [1.54, 1.807) is 0 Å². The van der Waals surface area contributed by atoms with Crippen molar-refractivity contribution in [2.45, 2.75) is 0 Å². The summed E-state index contributed by atoms with van der Waals surface area (Å²) in [7, 11) is 0. The topological polar surface area (TPSA) is 61.8 Å². The summed E-state index contributed by atoms with van der Waals surface area (Å²) in [6.45, 7) is 0. The standard InChI is InChI=1S/H2N3.Pt/c1-3-2;/h1-2H;/q+1;. The van der Waals surface area contributed by atoms with E-state index in [4.69, 9.17) is 11.1 Å². The van der Waals surface area contributed by atoms with Crippen LogP contribution in [-0.2, 0) is 21.1 Å². The second-order valence-corrected chi connectivity index (χ2v) is 0.112. The van der Waals surface area contributed by atoms with Crippen molar-refractivity contribution in [3.63, 3.8) is 0 Å². The Morgan fingerprint density at radius 3 is 1.25 bits per heavy atom. The van der Waals surface area contributed by atoms with Crippen LogP contribution < -0.4 is 4.91 Å². The Bertz CT molecular complexity index is 24.3. The van der Waals surface area contributed by atoms with Gasteiger partial charge in [-0.05, 0) is 0 Å². The molecular weight excluding hydrogens is 237 g/mol. The van der Waals surface area contributed by atoms with Crippen LogP contribution in [0.3, 0.4) is 0 Å². The van der Waals surface area contributed by atoms with Crippen molar-refractivity contribution >= 4 is 0 Å². The van der Waals surface area contributed by atoms with Crippen LogP contribution in [0.4, 0.5) is 0 Å². The van der Waals surface area contributed by atoms with Crippen LogP contribution in [0.1, 0.15) is 0 Å². The van der Waals surface area contributed by atoms with Crippen molar-refractivity contribution in [3.8, 4) is 0 Å². The summed E-state index contributed by atoms with van der Waals surface area (Å²) in [5.41, 5.74) is 11.0. The molecule has 0 aromatic rings. The quantitative estimate of drug-likeness (QED) is 0.445. The van der Waals surface area contributed by atoms with Gasteiger partial charge in [0, 0.05) is 21.1 Å². The zero-order chi connectivity index (χ0) is 2.71. The van der Waals surface area contributed by atoms with Gasteiger partial charge in [0.1, 0.15) is 11.1 Å². The molecule has 4 heavy (non-hydrogen) atoms. The molecular formula is H2N3Pt+. The molecule has 0 aliphatic carbocycles. The fourth-order valence-corrected chi connectivity index (χ4v) is 0. The van der Waals surface area contributed by atoms with Crippen molar-refractivity contribution in [3.05, 3.63) is 0 Å². The van der Waals surface area contributed by atoms with Crippen LogP contribution in [-0.4, -0.2) is 0 Å². The van der Waals surface area contributed by atoms with Gasteiger partial charge in [-0.3, -0.25) is 0 Å².